The third-order valence-corrected chi connectivity index (χ3v) is 2.21. The van der Waals surface area contributed by atoms with Crippen LogP contribution in [0.5, 0.6) is 0 Å². The van der Waals surface area contributed by atoms with Crippen LogP contribution >= 0.6 is 23.4 Å². The van der Waals surface area contributed by atoms with Gasteiger partial charge in [-0.2, -0.15) is 0 Å². The third-order valence-electron chi connectivity index (χ3n) is 1.37. The number of carbonyl (C=O) groups is 1. The highest BCUT2D eigenvalue weighted by molar-refractivity contribution is 7.98. The molecule has 1 aromatic heterocycles. The second-order valence-corrected chi connectivity index (χ2v) is 3.25. The standard InChI is InChI=1S/C7H7ClN2OS/c1-4-5(3-11)6(8)10-7(9-4)12-2/h3H,1-2H3. The molecule has 0 aliphatic heterocycles. The molecule has 64 valence electrons. The number of halogens is 1. The van der Waals surface area contributed by atoms with Crippen molar-refractivity contribution in [3.8, 4) is 0 Å². The first kappa shape index (κ1) is 9.48. The number of aryl methyl sites for hydroxylation is 1. The summed E-state index contributed by atoms with van der Waals surface area (Å²) in [7, 11) is 0. The Bertz CT molecular complexity index is 293. The van der Waals surface area contributed by atoms with E-state index in [0.29, 0.717) is 22.7 Å². The van der Waals surface area contributed by atoms with Crippen LogP contribution in [0.1, 0.15) is 16.1 Å². The highest BCUT2D eigenvalue weighted by atomic mass is 35.5. The number of aromatic nitrogens is 2. The molecule has 12 heavy (non-hydrogen) atoms. The van der Waals surface area contributed by atoms with Gasteiger partial charge in [0, 0.05) is 0 Å². The lowest BCUT2D eigenvalue weighted by molar-refractivity contribution is 0.112. The fraction of sp³-hybridized carbons (Fsp3) is 0.286. The smallest absolute Gasteiger partial charge is 0.188 e. The number of rotatable bonds is 2. The largest absolute Gasteiger partial charge is 0.298 e. The summed E-state index contributed by atoms with van der Waals surface area (Å²) >= 11 is 7.11. The summed E-state index contributed by atoms with van der Waals surface area (Å²) in [5.74, 6) is 0. The van der Waals surface area contributed by atoms with E-state index in [4.69, 9.17) is 11.6 Å². The Labute approximate surface area is 79.6 Å². The minimum atomic E-state index is 0.224. The Balaban J connectivity index is 3.27. The van der Waals surface area contributed by atoms with Gasteiger partial charge in [0.1, 0.15) is 5.15 Å². The van der Waals surface area contributed by atoms with E-state index < -0.39 is 0 Å². The monoisotopic (exact) mass is 202 g/mol. The molecule has 0 aliphatic rings. The number of hydrogen-bond donors (Lipinski definition) is 0. The van der Waals surface area contributed by atoms with Gasteiger partial charge in [0.2, 0.25) is 0 Å². The van der Waals surface area contributed by atoms with E-state index >= 15 is 0 Å². The van der Waals surface area contributed by atoms with Gasteiger partial charge in [-0.05, 0) is 13.2 Å². The SMILES string of the molecule is CSc1nc(C)c(C=O)c(Cl)n1. The number of carbonyl (C=O) groups excluding carboxylic acids is 1. The highest BCUT2D eigenvalue weighted by Crippen LogP contribution is 2.18. The molecule has 5 heteroatoms. The summed E-state index contributed by atoms with van der Waals surface area (Å²) in [5, 5.41) is 0.810. The molecule has 3 nitrogen and oxygen atoms in total. The molecule has 0 amide bonds. The fourth-order valence-electron chi connectivity index (χ4n) is 0.747. The lowest BCUT2D eigenvalue weighted by Crippen LogP contribution is -1.97. The van der Waals surface area contributed by atoms with Crippen LogP contribution in [0.4, 0.5) is 0 Å². The normalized spacial score (nSPS) is 9.92. The highest BCUT2D eigenvalue weighted by Gasteiger charge is 2.07. The van der Waals surface area contributed by atoms with E-state index in [1.165, 1.54) is 11.8 Å². The maximum atomic E-state index is 10.5. The minimum Gasteiger partial charge on any atom is -0.298 e. The van der Waals surface area contributed by atoms with Crippen molar-refractivity contribution < 1.29 is 4.79 Å². The molecule has 0 atom stereocenters. The van der Waals surface area contributed by atoms with Crippen LogP contribution in [0.15, 0.2) is 5.16 Å². The summed E-state index contributed by atoms with van der Waals surface area (Å²) in [4.78, 5) is 18.4. The second-order valence-electron chi connectivity index (χ2n) is 2.12. The number of hydrogen-bond acceptors (Lipinski definition) is 4. The molecule has 0 aliphatic carbocycles. The Morgan fingerprint density at radius 2 is 2.17 bits per heavy atom. The van der Waals surface area contributed by atoms with Crippen molar-refractivity contribution in [2.75, 3.05) is 6.26 Å². The molecule has 1 aromatic rings. The molecule has 1 rings (SSSR count). The molecule has 1 heterocycles. The van der Waals surface area contributed by atoms with Crippen LogP contribution in [0, 0.1) is 6.92 Å². The molecule has 0 aromatic carbocycles. The summed E-state index contributed by atoms with van der Waals surface area (Å²) in [5.41, 5.74) is 0.990. The first-order valence-electron chi connectivity index (χ1n) is 3.22. The Morgan fingerprint density at radius 1 is 1.50 bits per heavy atom. The van der Waals surface area contributed by atoms with E-state index in [-0.39, 0.29) is 5.15 Å². The van der Waals surface area contributed by atoms with Crippen LogP contribution < -0.4 is 0 Å². The predicted octanol–water partition coefficient (Wildman–Crippen LogP) is 1.97. The Morgan fingerprint density at radius 3 is 2.58 bits per heavy atom. The second kappa shape index (κ2) is 3.87. The number of nitrogens with zero attached hydrogens (tertiary/aromatic N) is 2. The van der Waals surface area contributed by atoms with Crippen molar-refractivity contribution in [1.29, 1.82) is 0 Å². The van der Waals surface area contributed by atoms with Crippen molar-refractivity contribution in [2.24, 2.45) is 0 Å². The fourth-order valence-corrected chi connectivity index (χ4v) is 1.47. The van der Waals surface area contributed by atoms with E-state index in [1.807, 2.05) is 6.26 Å². The van der Waals surface area contributed by atoms with Crippen LogP contribution in [-0.2, 0) is 0 Å². The quantitative estimate of drug-likeness (QED) is 0.318. The average Bonchev–Trinajstić information content (AvgIpc) is 2.03. The van der Waals surface area contributed by atoms with Gasteiger partial charge in [-0.1, -0.05) is 23.4 Å². The molecule has 0 N–H and O–H groups in total. The molecule has 0 saturated heterocycles. The summed E-state index contributed by atoms with van der Waals surface area (Å²) in [6.07, 6.45) is 2.52. The third kappa shape index (κ3) is 1.76. The predicted molar refractivity (Wildman–Crippen MR) is 48.9 cm³/mol. The lowest BCUT2D eigenvalue weighted by atomic mass is 10.3. The lowest BCUT2D eigenvalue weighted by Gasteiger charge is -2.01. The van der Waals surface area contributed by atoms with Gasteiger partial charge in [0.15, 0.2) is 11.4 Å². The molecular formula is C7H7ClN2OS. The van der Waals surface area contributed by atoms with Gasteiger partial charge >= 0.3 is 0 Å². The van der Waals surface area contributed by atoms with Gasteiger partial charge in [0.25, 0.3) is 0 Å². The average molecular weight is 203 g/mol. The van der Waals surface area contributed by atoms with E-state index in [0.717, 1.165) is 0 Å². The molecule has 0 unspecified atom stereocenters. The summed E-state index contributed by atoms with van der Waals surface area (Å²) in [6, 6.07) is 0. The van der Waals surface area contributed by atoms with Crippen LogP contribution in [0.3, 0.4) is 0 Å². The first-order valence-corrected chi connectivity index (χ1v) is 4.82. The molecular weight excluding hydrogens is 196 g/mol. The van der Waals surface area contributed by atoms with Crippen LogP contribution in [0.2, 0.25) is 5.15 Å². The van der Waals surface area contributed by atoms with Crippen molar-refractivity contribution in [3.05, 3.63) is 16.4 Å². The zero-order chi connectivity index (χ0) is 9.14. The number of aldehydes is 1. The van der Waals surface area contributed by atoms with E-state index in [1.54, 1.807) is 6.92 Å². The first-order chi connectivity index (χ1) is 5.69. The van der Waals surface area contributed by atoms with Gasteiger partial charge in [-0.15, -0.1) is 0 Å². The maximum Gasteiger partial charge on any atom is 0.188 e. The molecule has 0 fully saturated rings. The Hall–Kier alpha value is -0.610. The maximum absolute atomic E-state index is 10.5. The zero-order valence-electron chi connectivity index (χ0n) is 6.67. The summed E-state index contributed by atoms with van der Waals surface area (Å²) < 4.78 is 0. The number of thioether (sulfide) groups is 1. The Kier molecular flexibility index (Phi) is 3.05. The van der Waals surface area contributed by atoms with Gasteiger partial charge in [-0.3, -0.25) is 4.79 Å². The van der Waals surface area contributed by atoms with Gasteiger partial charge in [0.05, 0.1) is 11.3 Å². The van der Waals surface area contributed by atoms with Crippen LogP contribution in [-0.4, -0.2) is 22.5 Å². The summed E-state index contributed by atoms with van der Waals surface area (Å²) in [6.45, 7) is 1.73. The van der Waals surface area contributed by atoms with E-state index in [2.05, 4.69) is 9.97 Å². The van der Waals surface area contributed by atoms with Crippen molar-refractivity contribution in [2.45, 2.75) is 12.1 Å². The molecule has 0 spiro atoms. The van der Waals surface area contributed by atoms with Crippen molar-refractivity contribution in [3.63, 3.8) is 0 Å². The van der Waals surface area contributed by atoms with Gasteiger partial charge < -0.3 is 0 Å². The molecule has 0 radical (unpaired) electrons. The van der Waals surface area contributed by atoms with Gasteiger partial charge in [-0.25, -0.2) is 9.97 Å². The zero-order valence-corrected chi connectivity index (χ0v) is 8.24. The van der Waals surface area contributed by atoms with Crippen molar-refractivity contribution >= 4 is 29.6 Å². The molecule has 0 saturated carbocycles. The van der Waals surface area contributed by atoms with Crippen LogP contribution in [0.25, 0.3) is 0 Å². The van der Waals surface area contributed by atoms with Crippen molar-refractivity contribution in [1.82, 2.24) is 9.97 Å². The topological polar surface area (TPSA) is 42.9 Å². The minimum absolute atomic E-state index is 0.224. The molecule has 0 bridgehead atoms. The van der Waals surface area contributed by atoms with E-state index in [9.17, 15) is 4.79 Å².